The number of nitrogens with zero attached hydrogens (tertiary/aromatic N) is 1. The molecule has 1 amide bonds. The third-order valence-electron chi connectivity index (χ3n) is 3.21. The molecule has 0 fully saturated rings. The molecule has 4 nitrogen and oxygen atoms in total. The molecular formula is C17H18Cl2N2O2. The molecule has 0 saturated carbocycles. The average Bonchev–Trinajstić information content (AvgIpc) is 2.49. The lowest BCUT2D eigenvalue weighted by Gasteiger charge is -2.17. The van der Waals surface area contributed by atoms with Crippen molar-refractivity contribution < 1.29 is 9.53 Å². The van der Waals surface area contributed by atoms with Gasteiger partial charge in [0.15, 0.2) is 0 Å². The monoisotopic (exact) mass is 352 g/mol. The summed E-state index contributed by atoms with van der Waals surface area (Å²) < 4.78 is 5.21. The Bertz CT molecular complexity index is 675. The Kier molecular flexibility index (Phi) is 6.28. The summed E-state index contributed by atoms with van der Waals surface area (Å²) in [5, 5.41) is 4.05. The van der Waals surface area contributed by atoms with Gasteiger partial charge in [0.2, 0.25) is 5.91 Å². The standard InChI is InChI=1S/C17H18Cl2N2O2/c1-21(10-12-3-5-13(18)6-4-12)11-17(22)20-15-9-14(19)7-8-16(15)23-2/h3-9H,10-11H2,1-2H3,(H,20,22). The van der Waals surface area contributed by atoms with Crippen molar-refractivity contribution in [1.82, 2.24) is 4.90 Å². The van der Waals surface area contributed by atoms with Gasteiger partial charge in [-0.3, -0.25) is 9.69 Å². The molecule has 0 unspecified atom stereocenters. The lowest BCUT2D eigenvalue weighted by atomic mass is 10.2. The van der Waals surface area contributed by atoms with Gasteiger partial charge in [-0.1, -0.05) is 35.3 Å². The Labute approximate surface area is 146 Å². The molecule has 0 atom stereocenters. The van der Waals surface area contributed by atoms with Crippen LogP contribution < -0.4 is 10.1 Å². The first-order valence-electron chi connectivity index (χ1n) is 7.04. The Morgan fingerprint density at radius 1 is 1.13 bits per heavy atom. The van der Waals surface area contributed by atoms with Crippen molar-refractivity contribution in [3.8, 4) is 5.75 Å². The van der Waals surface area contributed by atoms with Crippen LogP contribution in [0.15, 0.2) is 42.5 Å². The fourth-order valence-electron chi connectivity index (χ4n) is 2.17. The summed E-state index contributed by atoms with van der Waals surface area (Å²) in [4.78, 5) is 14.1. The fourth-order valence-corrected chi connectivity index (χ4v) is 2.47. The van der Waals surface area contributed by atoms with Crippen LogP contribution in [-0.4, -0.2) is 31.5 Å². The van der Waals surface area contributed by atoms with Crippen molar-refractivity contribution in [2.75, 3.05) is 26.0 Å². The fraction of sp³-hybridized carbons (Fsp3) is 0.235. The van der Waals surface area contributed by atoms with E-state index in [-0.39, 0.29) is 12.5 Å². The first-order chi connectivity index (χ1) is 11.0. The SMILES string of the molecule is COc1ccc(Cl)cc1NC(=O)CN(C)Cc1ccc(Cl)cc1. The summed E-state index contributed by atoms with van der Waals surface area (Å²) in [6.07, 6.45) is 0. The smallest absolute Gasteiger partial charge is 0.238 e. The molecule has 2 rings (SSSR count). The van der Waals surface area contributed by atoms with Gasteiger partial charge in [0.25, 0.3) is 0 Å². The van der Waals surface area contributed by atoms with Crippen LogP contribution in [0, 0.1) is 0 Å². The number of carbonyl (C=O) groups is 1. The molecule has 0 bridgehead atoms. The van der Waals surface area contributed by atoms with E-state index < -0.39 is 0 Å². The molecule has 0 aliphatic heterocycles. The third-order valence-corrected chi connectivity index (χ3v) is 3.70. The minimum absolute atomic E-state index is 0.137. The van der Waals surface area contributed by atoms with Crippen molar-refractivity contribution in [3.05, 3.63) is 58.1 Å². The van der Waals surface area contributed by atoms with E-state index in [1.54, 1.807) is 25.3 Å². The van der Waals surface area contributed by atoms with Crippen LogP contribution in [0.3, 0.4) is 0 Å². The van der Waals surface area contributed by atoms with E-state index in [1.807, 2.05) is 36.2 Å². The van der Waals surface area contributed by atoms with Gasteiger partial charge in [-0.2, -0.15) is 0 Å². The van der Waals surface area contributed by atoms with Crippen molar-refractivity contribution in [1.29, 1.82) is 0 Å². The van der Waals surface area contributed by atoms with E-state index in [4.69, 9.17) is 27.9 Å². The highest BCUT2D eigenvalue weighted by Gasteiger charge is 2.11. The summed E-state index contributed by atoms with van der Waals surface area (Å²) in [5.74, 6) is 0.435. The molecule has 6 heteroatoms. The first-order valence-corrected chi connectivity index (χ1v) is 7.80. The number of amides is 1. The van der Waals surface area contributed by atoms with Gasteiger partial charge in [0.05, 0.1) is 19.3 Å². The van der Waals surface area contributed by atoms with Crippen molar-refractivity contribution in [3.63, 3.8) is 0 Å². The van der Waals surface area contributed by atoms with Crippen LogP contribution in [0.5, 0.6) is 5.75 Å². The Balaban J connectivity index is 1.94. The number of ether oxygens (including phenoxy) is 1. The second-order valence-electron chi connectivity index (χ2n) is 5.19. The molecule has 0 aliphatic carbocycles. The molecule has 23 heavy (non-hydrogen) atoms. The number of hydrogen-bond donors (Lipinski definition) is 1. The van der Waals surface area contributed by atoms with Crippen molar-refractivity contribution >= 4 is 34.8 Å². The predicted molar refractivity (Wildman–Crippen MR) is 94.4 cm³/mol. The molecule has 0 heterocycles. The highest BCUT2D eigenvalue weighted by molar-refractivity contribution is 6.31. The number of methoxy groups -OCH3 is 1. The van der Waals surface area contributed by atoms with Gasteiger partial charge < -0.3 is 10.1 Å². The molecule has 0 radical (unpaired) electrons. The maximum atomic E-state index is 12.2. The first kappa shape index (κ1) is 17.6. The zero-order chi connectivity index (χ0) is 16.8. The van der Waals surface area contributed by atoms with Gasteiger partial charge in [0.1, 0.15) is 5.75 Å². The van der Waals surface area contributed by atoms with Gasteiger partial charge in [0, 0.05) is 16.6 Å². The van der Waals surface area contributed by atoms with E-state index in [1.165, 1.54) is 0 Å². The molecule has 2 aromatic carbocycles. The van der Waals surface area contributed by atoms with Gasteiger partial charge in [-0.05, 0) is 42.9 Å². The van der Waals surface area contributed by atoms with E-state index in [0.717, 1.165) is 5.56 Å². The lowest BCUT2D eigenvalue weighted by Crippen LogP contribution is -2.29. The summed E-state index contributed by atoms with van der Waals surface area (Å²) in [6.45, 7) is 0.898. The minimum atomic E-state index is -0.137. The molecule has 1 N–H and O–H groups in total. The second-order valence-corrected chi connectivity index (χ2v) is 6.06. The Morgan fingerprint density at radius 2 is 1.78 bits per heavy atom. The lowest BCUT2D eigenvalue weighted by molar-refractivity contribution is -0.117. The number of likely N-dealkylation sites (N-methyl/N-ethyl adjacent to an activating group) is 1. The van der Waals surface area contributed by atoms with Crippen LogP contribution in [-0.2, 0) is 11.3 Å². The molecule has 0 aliphatic rings. The quantitative estimate of drug-likeness (QED) is 0.851. The van der Waals surface area contributed by atoms with Crippen molar-refractivity contribution in [2.24, 2.45) is 0 Å². The number of carbonyl (C=O) groups excluding carboxylic acids is 1. The van der Waals surface area contributed by atoms with Crippen LogP contribution >= 0.6 is 23.2 Å². The summed E-state index contributed by atoms with van der Waals surface area (Å²) in [7, 11) is 3.43. The van der Waals surface area contributed by atoms with E-state index >= 15 is 0 Å². The summed E-state index contributed by atoms with van der Waals surface area (Å²) in [5.41, 5.74) is 1.65. The molecule has 122 valence electrons. The minimum Gasteiger partial charge on any atom is -0.495 e. The molecule has 0 spiro atoms. The molecule has 0 saturated heterocycles. The summed E-state index contributed by atoms with van der Waals surface area (Å²) >= 11 is 11.8. The Morgan fingerprint density at radius 3 is 2.43 bits per heavy atom. The molecule has 0 aromatic heterocycles. The number of hydrogen-bond acceptors (Lipinski definition) is 3. The van der Waals surface area contributed by atoms with Crippen molar-refractivity contribution in [2.45, 2.75) is 6.54 Å². The average molecular weight is 353 g/mol. The topological polar surface area (TPSA) is 41.6 Å². The zero-order valence-electron chi connectivity index (χ0n) is 13.0. The maximum Gasteiger partial charge on any atom is 0.238 e. The number of benzene rings is 2. The zero-order valence-corrected chi connectivity index (χ0v) is 14.5. The number of anilines is 1. The number of nitrogens with one attached hydrogen (secondary N) is 1. The Hall–Kier alpha value is -1.75. The highest BCUT2D eigenvalue weighted by Crippen LogP contribution is 2.27. The normalized spacial score (nSPS) is 10.7. The van der Waals surface area contributed by atoms with E-state index in [9.17, 15) is 4.79 Å². The number of halogens is 2. The molecule has 2 aromatic rings. The second kappa shape index (κ2) is 8.20. The van der Waals surface area contributed by atoms with Crippen LogP contribution in [0.25, 0.3) is 0 Å². The van der Waals surface area contributed by atoms with Gasteiger partial charge >= 0.3 is 0 Å². The maximum absolute atomic E-state index is 12.2. The predicted octanol–water partition coefficient (Wildman–Crippen LogP) is 4.07. The largest absolute Gasteiger partial charge is 0.495 e. The van der Waals surface area contributed by atoms with Crippen LogP contribution in [0.1, 0.15) is 5.56 Å². The van der Waals surface area contributed by atoms with Gasteiger partial charge in [-0.15, -0.1) is 0 Å². The van der Waals surface area contributed by atoms with Crippen LogP contribution in [0.2, 0.25) is 10.0 Å². The van der Waals surface area contributed by atoms with Crippen LogP contribution in [0.4, 0.5) is 5.69 Å². The van der Waals surface area contributed by atoms with E-state index in [2.05, 4.69) is 5.32 Å². The number of rotatable bonds is 6. The summed E-state index contributed by atoms with van der Waals surface area (Å²) in [6, 6.07) is 12.6. The van der Waals surface area contributed by atoms with Gasteiger partial charge in [-0.25, -0.2) is 0 Å². The third kappa shape index (κ3) is 5.43. The highest BCUT2D eigenvalue weighted by atomic mass is 35.5. The molecular weight excluding hydrogens is 335 g/mol. The van der Waals surface area contributed by atoms with E-state index in [0.29, 0.717) is 28.0 Å².